The summed E-state index contributed by atoms with van der Waals surface area (Å²) in [7, 11) is 0. The predicted molar refractivity (Wildman–Crippen MR) is 84.6 cm³/mol. The molecule has 116 valence electrons. The Morgan fingerprint density at radius 1 is 1.43 bits per heavy atom. The third kappa shape index (κ3) is 3.65. The van der Waals surface area contributed by atoms with Crippen LogP contribution in [0.5, 0.6) is 0 Å². The van der Waals surface area contributed by atoms with Crippen LogP contribution in [-0.4, -0.2) is 61.1 Å². The summed E-state index contributed by atoms with van der Waals surface area (Å²) < 4.78 is 6.02. The number of thiophene rings is 1. The Labute approximate surface area is 130 Å². The van der Waals surface area contributed by atoms with Crippen molar-refractivity contribution in [2.45, 2.75) is 25.9 Å². The van der Waals surface area contributed by atoms with Gasteiger partial charge in [0.25, 0.3) is 0 Å². The van der Waals surface area contributed by atoms with E-state index in [1.807, 2.05) is 16.3 Å². The number of nitrogens with zero attached hydrogens (tertiary/aromatic N) is 2. The first kappa shape index (κ1) is 15.0. The van der Waals surface area contributed by atoms with E-state index in [4.69, 9.17) is 4.74 Å². The number of carbonyl (C=O) groups excluding carboxylic acids is 1. The number of carbonyl (C=O) groups is 1. The number of likely N-dealkylation sites (N-methyl/N-ethyl adjacent to an activating group) is 1. The third-order valence-corrected chi connectivity index (χ3v) is 5.40. The molecular weight excluding hydrogens is 284 g/mol. The molecular formula is C16H24N2O2S. The van der Waals surface area contributed by atoms with E-state index in [-0.39, 0.29) is 12.0 Å². The normalized spacial score (nSPS) is 27.2. The summed E-state index contributed by atoms with van der Waals surface area (Å²) in [6.45, 7) is 7.88. The minimum atomic E-state index is 0.224. The summed E-state index contributed by atoms with van der Waals surface area (Å²) in [6.07, 6.45) is 1.82. The summed E-state index contributed by atoms with van der Waals surface area (Å²) in [5.41, 5.74) is 1.13. The fourth-order valence-electron chi connectivity index (χ4n) is 3.31. The molecule has 2 fully saturated rings. The van der Waals surface area contributed by atoms with Crippen LogP contribution in [0.25, 0.3) is 0 Å². The van der Waals surface area contributed by atoms with Crippen LogP contribution in [0, 0.1) is 5.92 Å². The molecule has 0 unspecified atom stereocenters. The summed E-state index contributed by atoms with van der Waals surface area (Å²) in [5.74, 6) is 0.824. The van der Waals surface area contributed by atoms with Crippen molar-refractivity contribution in [3.63, 3.8) is 0 Å². The summed E-state index contributed by atoms with van der Waals surface area (Å²) >= 11 is 1.65. The van der Waals surface area contributed by atoms with E-state index in [9.17, 15) is 4.79 Å². The van der Waals surface area contributed by atoms with Gasteiger partial charge in [0.2, 0.25) is 5.91 Å². The second kappa shape index (κ2) is 6.90. The van der Waals surface area contributed by atoms with Gasteiger partial charge in [-0.15, -0.1) is 0 Å². The molecule has 1 amide bonds. The van der Waals surface area contributed by atoms with Crippen LogP contribution in [-0.2, 0) is 16.0 Å². The SMILES string of the molecule is CCN1CCO[C@H]2CN(C(=O)Cc3ccsc3)CC[C@@H]2C1. The second-order valence-corrected chi connectivity index (χ2v) is 6.78. The highest BCUT2D eigenvalue weighted by atomic mass is 32.1. The van der Waals surface area contributed by atoms with Crippen molar-refractivity contribution in [3.8, 4) is 0 Å². The first-order chi connectivity index (χ1) is 10.3. The Kier molecular flexibility index (Phi) is 4.93. The molecule has 3 rings (SSSR count). The number of piperidine rings is 1. The molecule has 21 heavy (non-hydrogen) atoms. The van der Waals surface area contributed by atoms with Crippen LogP contribution >= 0.6 is 11.3 Å². The second-order valence-electron chi connectivity index (χ2n) is 6.00. The van der Waals surface area contributed by atoms with Gasteiger partial charge in [-0.3, -0.25) is 4.79 Å². The lowest BCUT2D eigenvalue weighted by molar-refractivity contribution is -0.136. The highest BCUT2D eigenvalue weighted by Gasteiger charge is 2.34. The Morgan fingerprint density at radius 2 is 2.33 bits per heavy atom. The van der Waals surface area contributed by atoms with Crippen LogP contribution in [0.2, 0.25) is 0 Å². The predicted octanol–water partition coefficient (Wildman–Crippen LogP) is 1.86. The lowest BCUT2D eigenvalue weighted by Crippen LogP contribution is -2.49. The maximum absolute atomic E-state index is 12.4. The van der Waals surface area contributed by atoms with Crippen molar-refractivity contribution < 1.29 is 9.53 Å². The fourth-order valence-corrected chi connectivity index (χ4v) is 3.98. The van der Waals surface area contributed by atoms with Crippen molar-refractivity contribution in [1.29, 1.82) is 0 Å². The van der Waals surface area contributed by atoms with Crippen molar-refractivity contribution in [2.75, 3.05) is 39.3 Å². The minimum absolute atomic E-state index is 0.224. The number of ether oxygens (including phenoxy) is 1. The molecule has 1 aromatic heterocycles. The molecule has 0 radical (unpaired) electrons. The molecule has 2 atom stereocenters. The smallest absolute Gasteiger partial charge is 0.227 e. The molecule has 0 saturated carbocycles. The third-order valence-electron chi connectivity index (χ3n) is 4.66. The number of amides is 1. The highest BCUT2D eigenvalue weighted by molar-refractivity contribution is 7.07. The van der Waals surface area contributed by atoms with Gasteiger partial charge in [-0.05, 0) is 35.4 Å². The molecule has 5 heteroatoms. The fraction of sp³-hybridized carbons (Fsp3) is 0.688. The molecule has 3 heterocycles. The van der Waals surface area contributed by atoms with Crippen LogP contribution in [0.3, 0.4) is 0 Å². The summed E-state index contributed by atoms with van der Waals surface area (Å²) in [5, 5.41) is 4.09. The van der Waals surface area contributed by atoms with Crippen molar-refractivity contribution >= 4 is 17.2 Å². The van der Waals surface area contributed by atoms with Gasteiger partial charge in [-0.25, -0.2) is 0 Å². The Morgan fingerprint density at radius 3 is 3.10 bits per heavy atom. The minimum Gasteiger partial charge on any atom is -0.375 e. The first-order valence-electron chi connectivity index (χ1n) is 7.89. The van der Waals surface area contributed by atoms with Crippen LogP contribution in [0.4, 0.5) is 0 Å². The van der Waals surface area contributed by atoms with E-state index in [0.717, 1.165) is 51.3 Å². The lowest BCUT2D eigenvalue weighted by atomic mass is 9.93. The highest BCUT2D eigenvalue weighted by Crippen LogP contribution is 2.24. The maximum Gasteiger partial charge on any atom is 0.227 e. The number of fused-ring (bicyclic) bond motifs is 1. The molecule has 2 aliphatic rings. The number of likely N-dealkylation sites (tertiary alicyclic amines) is 1. The molecule has 0 N–H and O–H groups in total. The summed E-state index contributed by atoms with van der Waals surface area (Å²) in [6, 6.07) is 2.04. The van der Waals surface area contributed by atoms with E-state index in [0.29, 0.717) is 12.3 Å². The molecule has 4 nitrogen and oxygen atoms in total. The Bertz CT molecular complexity index is 463. The zero-order valence-corrected chi connectivity index (χ0v) is 13.5. The monoisotopic (exact) mass is 308 g/mol. The average molecular weight is 308 g/mol. The van der Waals surface area contributed by atoms with Gasteiger partial charge in [0.1, 0.15) is 0 Å². The molecule has 0 aromatic carbocycles. The zero-order chi connectivity index (χ0) is 14.7. The van der Waals surface area contributed by atoms with Crippen molar-refractivity contribution in [3.05, 3.63) is 22.4 Å². The topological polar surface area (TPSA) is 32.8 Å². The molecule has 2 saturated heterocycles. The van der Waals surface area contributed by atoms with Crippen LogP contribution in [0.15, 0.2) is 16.8 Å². The molecule has 1 aromatic rings. The van der Waals surface area contributed by atoms with Crippen molar-refractivity contribution in [2.24, 2.45) is 5.92 Å². The molecule has 0 aliphatic carbocycles. The van der Waals surface area contributed by atoms with E-state index in [1.54, 1.807) is 11.3 Å². The van der Waals surface area contributed by atoms with Gasteiger partial charge in [0.05, 0.1) is 19.1 Å². The number of hydrogen-bond acceptors (Lipinski definition) is 4. The maximum atomic E-state index is 12.4. The molecule has 0 bridgehead atoms. The van der Waals surface area contributed by atoms with Crippen LogP contribution < -0.4 is 0 Å². The Hall–Kier alpha value is -0.910. The number of rotatable bonds is 3. The van der Waals surface area contributed by atoms with Gasteiger partial charge in [0.15, 0.2) is 0 Å². The zero-order valence-electron chi connectivity index (χ0n) is 12.7. The van der Waals surface area contributed by atoms with Crippen molar-refractivity contribution in [1.82, 2.24) is 9.80 Å². The standard InChI is InChI=1S/C16H24N2O2S/c1-2-17-6-7-20-15-11-18(5-3-14(15)10-17)16(19)9-13-4-8-21-12-13/h4,8,12,14-15H,2-3,5-7,9-11H2,1H3/t14-,15+/m1/s1. The van der Waals surface area contributed by atoms with Gasteiger partial charge in [-0.1, -0.05) is 6.92 Å². The van der Waals surface area contributed by atoms with E-state index in [1.165, 1.54) is 0 Å². The van der Waals surface area contributed by atoms with E-state index >= 15 is 0 Å². The van der Waals surface area contributed by atoms with E-state index < -0.39 is 0 Å². The first-order valence-corrected chi connectivity index (χ1v) is 8.83. The molecule has 0 spiro atoms. The Balaban J connectivity index is 1.57. The van der Waals surface area contributed by atoms with Gasteiger partial charge in [-0.2, -0.15) is 11.3 Å². The van der Waals surface area contributed by atoms with E-state index in [2.05, 4.69) is 17.2 Å². The molecule has 2 aliphatic heterocycles. The van der Waals surface area contributed by atoms with Gasteiger partial charge in [0, 0.05) is 32.1 Å². The largest absolute Gasteiger partial charge is 0.375 e. The lowest BCUT2D eigenvalue weighted by Gasteiger charge is -2.38. The quantitative estimate of drug-likeness (QED) is 0.854. The summed E-state index contributed by atoms with van der Waals surface area (Å²) in [4.78, 5) is 16.9. The average Bonchev–Trinajstić information content (AvgIpc) is 2.91. The van der Waals surface area contributed by atoms with Crippen LogP contribution in [0.1, 0.15) is 18.9 Å². The number of hydrogen-bond donors (Lipinski definition) is 0. The van der Waals surface area contributed by atoms with Gasteiger partial charge >= 0.3 is 0 Å². The van der Waals surface area contributed by atoms with Gasteiger partial charge < -0.3 is 14.5 Å².